The summed E-state index contributed by atoms with van der Waals surface area (Å²) in [5, 5.41) is 4.85. The van der Waals surface area contributed by atoms with Crippen LogP contribution in [0.3, 0.4) is 0 Å². The van der Waals surface area contributed by atoms with E-state index in [-0.39, 0.29) is 18.2 Å². The lowest BCUT2D eigenvalue weighted by Gasteiger charge is -2.28. The van der Waals surface area contributed by atoms with Gasteiger partial charge in [-0.15, -0.1) is 11.3 Å². The monoisotopic (exact) mass is 452 g/mol. The molecular weight excluding hydrogens is 428 g/mol. The highest BCUT2D eigenvalue weighted by atomic mass is 32.1. The number of nitrogens with one attached hydrogen (secondary N) is 1. The highest BCUT2D eigenvalue weighted by Gasteiger charge is 2.29. The van der Waals surface area contributed by atoms with Crippen LogP contribution in [0.15, 0.2) is 60.0 Å². The fourth-order valence-corrected chi connectivity index (χ4v) is 4.20. The van der Waals surface area contributed by atoms with E-state index in [4.69, 9.17) is 14.2 Å². The van der Waals surface area contributed by atoms with E-state index in [0.717, 1.165) is 4.88 Å². The predicted molar refractivity (Wildman–Crippen MR) is 123 cm³/mol. The van der Waals surface area contributed by atoms with Crippen molar-refractivity contribution in [3.63, 3.8) is 0 Å². The molecular formula is C24H24N2O5S. The van der Waals surface area contributed by atoms with Crippen molar-refractivity contribution in [3.8, 4) is 17.2 Å². The van der Waals surface area contributed by atoms with Crippen LogP contribution in [0, 0.1) is 0 Å². The first-order chi connectivity index (χ1) is 15.5. The van der Waals surface area contributed by atoms with Crippen LogP contribution in [-0.4, -0.2) is 44.1 Å². The predicted octanol–water partition coefficient (Wildman–Crippen LogP) is 3.91. The van der Waals surface area contributed by atoms with Crippen molar-refractivity contribution in [1.82, 2.24) is 4.90 Å². The summed E-state index contributed by atoms with van der Waals surface area (Å²) in [5.74, 6) is 1.42. The maximum Gasteiger partial charge on any atom is 0.251 e. The number of benzene rings is 2. The van der Waals surface area contributed by atoms with Gasteiger partial charge in [0.2, 0.25) is 5.91 Å². The molecule has 1 atom stereocenters. The molecule has 3 aromatic rings. The Kier molecular flexibility index (Phi) is 6.61. The number of nitrogens with zero attached hydrogens (tertiary/aromatic N) is 1. The van der Waals surface area contributed by atoms with Gasteiger partial charge in [-0.3, -0.25) is 9.59 Å². The standard InChI is InChI=1S/C24H24N2O5S/c1-26(22(27)15-19-4-3-13-32-19)23(16-5-8-18(29-2)9-6-16)24(28)25-17-7-10-20-21(14-17)31-12-11-30-20/h3-10,13-14,23H,11-12,15H2,1-2H3,(H,25,28). The van der Waals surface area contributed by atoms with Gasteiger partial charge in [0.1, 0.15) is 25.0 Å². The molecule has 4 rings (SSSR count). The van der Waals surface area contributed by atoms with Crippen LogP contribution >= 0.6 is 11.3 Å². The lowest BCUT2D eigenvalue weighted by atomic mass is 10.0. The highest BCUT2D eigenvalue weighted by Crippen LogP contribution is 2.33. The van der Waals surface area contributed by atoms with Gasteiger partial charge in [0, 0.05) is 23.7 Å². The summed E-state index contributed by atoms with van der Waals surface area (Å²) in [4.78, 5) is 28.8. The fourth-order valence-electron chi connectivity index (χ4n) is 3.50. The largest absolute Gasteiger partial charge is 0.497 e. The van der Waals surface area contributed by atoms with Crippen molar-refractivity contribution >= 4 is 28.8 Å². The SMILES string of the molecule is COc1ccc(C(C(=O)Nc2ccc3c(c2)OCCO3)N(C)C(=O)Cc2cccs2)cc1. The third-order valence-corrected chi connectivity index (χ3v) is 6.05. The molecule has 8 heteroatoms. The Labute approximate surface area is 190 Å². The molecule has 1 aliphatic rings. The third-order valence-electron chi connectivity index (χ3n) is 5.18. The number of methoxy groups -OCH3 is 1. The van der Waals surface area contributed by atoms with Gasteiger partial charge in [-0.25, -0.2) is 0 Å². The lowest BCUT2D eigenvalue weighted by molar-refractivity contribution is -0.136. The number of anilines is 1. The summed E-state index contributed by atoms with van der Waals surface area (Å²) in [7, 11) is 3.23. The van der Waals surface area contributed by atoms with Crippen molar-refractivity contribution in [2.75, 3.05) is 32.7 Å². The minimum Gasteiger partial charge on any atom is -0.497 e. The molecule has 166 valence electrons. The second-order valence-corrected chi connectivity index (χ2v) is 8.32. The van der Waals surface area contributed by atoms with Crippen molar-refractivity contribution in [1.29, 1.82) is 0 Å². The van der Waals surface area contributed by atoms with Crippen molar-refractivity contribution in [2.45, 2.75) is 12.5 Å². The number of likely N-dealkylation sites (N-methyl/N-ethyl adjacent to an activating group) is 1. The molecule has 0 radical (unpaired) electrons. The molecule has 0 spiro atoms. The maximum atomic E-state index is 13.4. The Balaban J connectivity index is 1.58. The molecule has 0 aliphatic carbocycles. The molecule has 7 nitrogen and oxygen atoms in total. The van der Waals surface area contributed by atoms with E-state index in [9.17, 15) is 9.59 Å². The maximum absolute atomic E-state index is 13.4. The molecule has 2 heterocycles. The fraction of sp³-hybridized carbons (Fsp3) is 0.250. The summed E-state index contributed by atoms with van der Waals surface area (Å²) >= 11 is 1.51. The zero-order chi connectivity index (χ0) is 22.5. The van der Waals surface area contributed by atoms with Crippen LogP contribution in [0.25, 0.3) is 0 Å². The quantitative estimate of drug-likeness (QED) is 0.588. The number of rotatable bonds is 7. The molecule has 1 aliphatic heterocycles. The zero-order valence-corrected chi connectivity index (χ0v) is 18.7. The van der Waals surface area contributed by atoms with E-state index in [1.54, 1.807) is 56.6 Å². The van der Waals surface area contributed by atoms with E-state index in [0.29, 0.717) is 41.7 Å². The number of carbonyl (C=O) groups excluding carboxylic acids is 2. The second kappa shape index (κ2) is 9.74. The molecule has 0 fully saturated rings. The molecule has 0 saturated heterocycles. The molecule has 1 N–H and O–H groups in total. The Hall–Kier alpha value is -3.52. The normalized spacial score (nSPS) is 13.2. The first-order valence-corrected chi connectivity index (χ1v) is 11.1. The van der Waals surface area contributed by atoms with Crippen LogP contribution in [0.2, 0.25) is 0 Å². The third kappa shape index (κ3) is 4.86. The summed E-state index contributed by atoms with van der Waals surface area (Å²) in [6.45, 7) is 0.953. The second-order valence-electron chi connectivity index (χ2n) is 7.28. The van der Waals surface area contributed by atoms with Gasteiger partial charge < -0.3 is 24.4 Å². The number of hydrogen-bond donors (Lipinski definition) is 1. The van der Waals surface area contributed by atoms with E-state index in [1.807, 2.05) is 17.5 Å². The van der Waals surface area contributed by atoms with Crippen LogP contribution < -0.4 is 19.5 Å². The van der Waals surface area contributed by atoms with Crippen LogP contribution in [0.4, 0.5) is 5.69 Å². The highest BCUT2D eigenvalue weighted by molar-refractivity contribution is 7.10. The Bertz CT molecular complexity index is 1080. The summed E-state index contributed by atoms with van der Waals surface area (Å²) < 4.78 is 16.4. The number of fused-ring (bicyclic) bond motifs is 1. The van der Waals surface area contributed by atoms with Crippen LogP contribution in [-0.2, 0) is 16.0 Å². The molecule has 0 saturated carbocycles. The number of amides is 2. The van der Waals surface area contributed by atoms with Gasteiger partial charge in [-0.2, -0.15) is 0 Å². The van der Waals surface area contributed by atoms with Gasteiger partial charge >= 0.3 is 0 Å². The zero-order valence-electron chi connectivity index (χ0n) is 17.9. The number of ether oxygens (including phenoxy) is 3. The average Bonchev–Trinajstić information content (AvgIpc) is 3.32. The molecule has 1 unspecified atom stereocenters. The van der Waals surface area contributed by atoms with E-state index in [2.05, 4.69) is 5.32 Å². The van der Waals surface area contributed by atoms with Crippen LogP contribution in [0.1, 0.15) is 16.5 Å². The van der Waals surface area contributed by atoms with Gasteiger partial charge in [0.25, 0.3) is 5.91 Å². The molecule has 1 aromatic heterocycles. The Morgan fingerprint density at radius 2 is 1.84 bits per heavy atom. The first-order valence-electron chi connectivity index (χ1n) is 10.2. The summed E-state index contributed by atoms with van der Waals surface area (Å²) in [6, 6.07) is 15.4. The van der Waals surface area contributed by atoms with Crippen molar-refractivity contribution in [3.05, 3.63) is 70.4 Å². The minimum atomic E-state index is -0.818. The van der Waals surface area contributed by atoms with E-state index >= 15 is 0 Å². The Morgan fingerprint density at radius 1 is 1.09 bits per heavy atom. The number of hydrogen-bond acceptors (Lipinski definition) is 6. The summed E-state index contributed by atoms with van der Waals surface area (Å²) in [6.07, 6.45) is 0.234. The van der Waals surface area contributed by atoms with Gasteiger partial charge in [-0.05, 0) is 41.3 Å². The van der Waals surface area contributed by atoms with Gasteiger partial charge in [0.15, 0.2) is 11.5 Å². The topological polar surface area (TPSA) is 77.1 Å². The average molecular weight is 453 g/mol. The Morgan fingerprint density at radius 3 is 2.53 bits per heavy atom. The van der Waals surface area contributed by atoms with Crippen molar-refractivity contribution in [2.24, 2.45) is 0 Å². The van der Waals surface area contributed by atoms with E-state index in [1.165, 1.54) is 16.2 Å². The van der Waals surface area contributed by atoms with E-state index < -0.39 is 6.04 Å². The smallest absolute Gasteiger partial charge is 0.251 e. The van der Waals surface area contributed by atoms with Crippen molar-refractivity contribution < 1.29 is 23.8 Å². The van der Waals surface area contributed by atoms with Crippen LogP contribution in [0.5, 0.6) is 17.2 Å². The first kappa shape index (κ1) is 21.7. The lowest BCUT2D eigenvalue weighted by Crippen LogP contribution is -2.39. The van der Waals surface area contributed by atoms with Gasteiger partial charge in [0.05, 0.1) is 13.5 Å². The molecule has 2 amide bonds. The molecule has 0 bridgehead atoms. The molecule has 2 aromatic carbocycles. The minimum absolute atomic E-state index is 0.148. The number of thiophene rings is 1. The summed E-state index contributed by atoms with van der Waals surface area (Å²) in [5.41, 5.74) is 1.25. The number of carbonyl (C=O) groups is 2. The molecule has 32 heavy (non-hydrogen) atoms. The van der Waals surface area contributed by atoms with Gasteiger partial charge in [-0.1, -0.05) is 18.2 Å².